The number of amides is 1. The maximum absolute atomic E-state index is 14.3. The molecule has 0 aliphatic carbocycles. The van der Waals surface area contributed by atoms with Crippen LogP contribution in [0.2, 0.25) is 0 Å². The molecule has 5 nitrogen and oxygen atoms in total. The lowest BCUT2D eigenvalue weighted by atomic mass is 10.00. The molecule has 25 heavy (non-hydrogen) atoms. The van der Waals surface area contributed by atoms with E-state index in [1.807, 2.05) is 18.2 Å². The molecule has 0 saturated carbocycles. The molecule has 0 aliphatic heterocycles. The smallest absolute Gasteiger partial charge is 0.254 e. The third-order valence-electron chi connectivity index (χ3n) is 3.78. The number of nitrogens with zero attached hydrogens (tertiary/aromatic N) is 1. The quantitative estimate of drug-likeness (QED) is 0.829. The normalized spacial score (nSPS) is 11.9. The number of carbonyl (C=O) groups is 1. The summed E-state index contributed by atoms with van der Waals surface area (Å²) >= 11 is 0. The summed E-state index contributed by atoms with van der Waals surface area (Å²) in [5.41, 5.74) is 0.646. The molecule has 0 fully saturated rings. The highest BCUT2D eigenvalue weighted by Gasteiger charge is 2.22. The lowest BCUT2D eigenvalue weighted by molar-refractivity contribution is 0.0926. The van der Waals surface area contributed by atoms with E-state index in [9.17, 15) is 9.18 Å². The van der Waals surface area contributed by atoms with Crippen molar-refractivity contribution in [1.82, 2.24) is 10.3 Å². The maximum Gasteiger partial charge on any atom is 0.254 e. The SMILES string of the molecule is COc1cc(F)c(C(=O)NC(CC(C)C)c2ccccn2)cc1OC. The Kier molecular flexibility index (Phi) is 6.33. The monoisotopic (exact) mass is 346 g/mol. The number of hydrogen-bond donors (Lipinski definition) is 1. The first-order valence-electron chi connectivity index (χ1n) is 8.09. The van der Waals surface area contributed by atoms with E-state index in [0.717, 1.165) is 11.8 Å². The van der Waals surface area contributed by atoms with Gasteiger partial charge < -0.3 is 14.8 Å². The van der Waals surface area contributed by atoms with Gasteiger partial charge in [-0.25, -0.2) is 4.39 Å². The standard InChI is InChI=1S/C19H23FN2O3/c1-12(2)9-16(15-7-5-6-8-21-15)22-19(23)13-10-17(24-3)18(25-4)11-14(13)20/h5-8,10-12,16H,9H2,1-4H3,(H,22,23). The van der Waals surface area contributed by atoms with Gasteiger partial charge in [0.05, 0.1) is 31.5 Å². The zero-order valence-corrected chi connectivity index (χ0v) is 14.9. The summed E-state index contributed by atoms with van der Waals surface area (Å²) in [7, 11) is 2.85. The zero-order valence-electron chi connectivity index (χ0n) is 14.9. The molecule has 0 aliphatic rings. The number of aromatic nitrogens is 1. The van der Waals surface area contributed by atoms with E-state index in [-0.39, 0.29) is 17.4 Å². The number of ether oxygens (including phenoxy) is 2. The fourth-order valence-electron chi connectivity index (χ4n) is 2.57. The summed E-state index contributed by atoms with van der Waals surface area (Å²) in [5.74, 6) is -0.316. The van der Waals surface area contributed by atoms with Gasteiger partial charge in [0.15, 0.2) is 11.5 Å². The minimum atomic E-state index is -0.667. The van der Waals surface area contributed by atoms with Crippen LogP contribution in [0.15, 0.2) is 36.5 Å². The van der Waals surface area contributed by atoms with Crippen LogP contribution in [-0.4, -0.2) is 25.1 Å². The number of benzene rings is 1. The minimum absolute atomic E-state index is 0.0951. The van der Waals surface area contributed by atoms with Crippen LogP contribution in [0, 0.1) is 11.7 Å². The first-order valence-corrected chi connectivity index (χ1v) is 8.09. The fraction of sp³-hybridized carbons (Fsp3) is 0.368. The Morgan fingerprint density at radius 2 is 1.88 bits per heavy atom. The summed E-state index contributed by atoms with van der Waals surface area (Å²) in [6, 6.07) is 7.70. The molecule has 0 spiro atoms. The van der Waals surface area contributed by atoms with E-state index in [0.29, 0.717) is 18.1 Å². The molecule has 2 rings (SSSR count). The van der Waals surface area contributed by atoms with E-state index in [4.69, 9.17) is 9.47 Å². The highest BCUT2D eigenvalue weighted by molar-refractivity contribution is 5.95. The van der Waals surface area contributed by atoms with Crippen molar-refractivity contribution in [2.45, 2.75) is 26.3 Å². The number of hydrogen-bond acceptors (Lipinski definition) is 4. The number of halogens is 1. The molecule has 1 aromatic carbocycles. The van der Waals surface area contributed by atoms with Gasteiger partial charge in [0.25, 0.3) is 5.91 Å². The van der Waals surface area contributed by atoms with Crippen molar-refractivity contribution in [2.75, 3.05) is 14.2 Å². The van der Waals surface area contributed by atoms with Crippen molar-refractivity contribution in [2.24, 2.45) is 5.92 Å². The second kappa shape index (κ2) is 8.46. The molecule has 0 radical (unpaired) electrons. The van der Waals surface area contributed by atoms with E-state index < -0.39 is 11.7 Å². The molecule has 0 saturated heterocycles. The highest BCUT2D eigenvalue weighted by Crippen LogP contribution is 2.30. The van der Waals surface area contributed by atoms with Crippen molar-refractivity contribution in [1.29, 1.82) is 0 Å². The first-order chi connectivity index (χ1) is 12.0. The van der Waals surface area contributed by atoms with Crippen LogP contribution in [0.5, 0.6) is 11.5 Å². The Labute approximate surface area is 147 Å². The van der Waals surface area contributed by atoms with Crippen LogP contribution < -0.4 is 14.8 Å². The summed E-state index contributed by atoms with van der Waals surface area (Å²) in [6.07, 6.45) is 2.36. The minimum Gasteiger partial charge on any atom is -0.493 e. The van der Waals surface area contributed by atoms with Crippen molar-refractivity contribution < 1.29 is 18.7 Å². The molecule has 1 aromatic heterocycles. The van der Waals surface area contributed by atoms with Gasteiger partial charge in [-0.05, 0) is 30.5 Å². The summed E-state index contributed by atoms with van der Waals surface area (Å²) in [4.78, 5) is 16.9. The molecule has 134 valence electrons. The molecule has 1 unspecified atom stereocenters. The molecule has 1 heterocycles. The Bertz CT molecular complexity index is 720. The topological polar surface area (TPSA) is 60.5 Å². The average Bonchev–Trinajstić information content (AvgIpc) is 2.61. The third kappa shape index (κ3) is 4.68. The number of pyridine rings is 1. The molecular formula is C19H23FN2O3. The Hall–Kier alpha value is -2.63. The third-order valence-corrected chi connectivity index (χ3v) is 3.78. The van der Waals surface area contributed by atoms with Crippen LogP contribution in [0.25, 0.3) is 0 Å². The van der Waals surface area contributed by atoms with Gasteiger partial charge in [-0.3, -0.25) is 9.78 Å². The summed E-state index contributed by atoms with van der Waals surface area (Å²) < 4.78 is 24.5. The number of nitrogens with one attached hydrogen (secondary N) is 1. The van der Waals surface area contributed by atoms with Crippen LogP contribution in [-0.2, 0) is 0 Å². The average molecular weight is 346 g/mol. The van der Waals surface area contributed by atoms with Crippen LogP contribution >= 0.6 is 0 Å². The molecular weight excluding hydrogens is 323 g/mol. The van der Waals surface area contributed by atoms with Crippen molar-refractivity contribution >= 4 is 5.91 Å². The second-order valence-corrected chi connectivity index (χ2v) is 6.10. The van der Waals surface area contributed by atoms with Gasteiger partial charge in [-0.2, -0.15) is 0 Å². The zero-order chi connectivity index (χ0) is 18.4. The first kappa shape index (κ1) is 18.7. The van der Waals surface area contributed by atoms with Crippen LogP contribution in [0.4, 0.5) is 4.39 Å². The Morgan fingerprint density at radius 1 is 1.20 bits per heavy atom. The fourth-order valence-corrected chi connectivity index (χ4v) is 2.57. The summed E-state index contributed by atoms with van der Waals surface area (Å²) in [5, 5.41) is 2.87. The number of carbonyl (C=O) groups excluding carboxylic acids is 1. The van der Waals surface area contributed by atoms with Crippen molar-refractivity contribution in [3.63, 3.8) is 0 Å². The highest BCUT2D eigenvalue weighted by atomic mass is 19.1. The van der Waals surface area contributed by atoms with E-state index in [1.54, 1.807) is 6.20 Å². The van der Waals surface area contributed by atoms with Crippen molar-refractivity contribution in [3.8, 4) is 11.5 Å². The van der Waals surface area contributed by atoms with Crippen molar-refractivity contribution in [3.05, 3.63) is 53.6 Å². The van der Waals surface area contributed by atoms with Gasteiger partial charge in [0.1, 0.15) is 5.82 Å². The van der Waals surface area contributed by atoms with Crippen LogP contribution in [0.1, 0.15) is 42.4 Å². The molecule has 6 heteroatoms. The lowest BCUT2D eigenvalue weighted by Gasteiger charge is -2.20. The Balaban J connectivity index is 2.29. The van der Waals surface area contributed by atoms with Gasteiger partial charge >= 0.3 is 0 Å². The van der Waals surface area contributed by atoms with Crippen LogP contribution in [0.3, 0.4) is 0 Å². The van der Waals surface area contributed by atoms with E-state index in [2.05, 4.69) is 24.1 Å². The Morgan fingerprint density at radius 3 is 2.44 bits per heavy atom. The molecule has 1 atom stereocenters. The molecule has 2 aromatic rings. The van der Waals surface area contributed by atoms with E-state index >= 15 is 0 Å². The second-order valence-electron chi connectivity index (χ2n) is 6.10. The number of rotatable bonds is 7. The van der Waals surface area contributed by atoms with Gasteiger partial charge in [0.2, 0.25) is 0 Å². The largest absolute Gasteiger partial charge is 0.493 e. The molecule has 1 amide bonds. The lowest BCUT2D eigenvalue weighted by Crippen LogP contribution is -2.30. The summed E-state index contributed by atoms with van der Waals surface area (Å²) in [6.45, 7) is 4.11. The number of methoxy groups -OCH3 is 2. The van der Waals surface area contributed by atoms with Gasteiger partial charge in [-0.1, -0.05) is 19.9 Å². The molecule has 1 N–H and O–H groups in total. The molecule has 0 bridgehead atoms. The maximum atomic E-state index is 14.3. The van der Waals surface area contributed by atoms with Gasteiger partial charge in [-0.15, -0.1) is 0 Å². The van der Waals surface area contributed by atoms with Gasteiger partial charge in [0, 0.05) is 12.3 Å². The predicted octanol–water partition coefficient (Wildman–Crippen LogP) is 3.76. The predicted molar refractivity (Wildman–Crippen MR) is 93.4 cm³/mol. The van der Waals surface area contributed by atoms with E-state index in [1.165, 1.54) is 20.3 Å².